The Hall–Kier alpha value is -3.36. The van der Waals surface area contributed by atoms with E-state index in [2.05, 4.69) is 0 Å². The second kappa shape index (κ2) is 8.64. The summed E-state index contributed by atoms with van der Waals surface area (Å²) < 4.78 is 41.5. The Kier molecular flexibility index (Phi) is 5.90. The lowest BCUT2D eigenvalue weighted by molar-refractivity contribution is -0.122. The summed E-state index contributed by atoms with van der Waals surface area (Å²) in [5.41, 5.74) is 1.77. The first-order chi connectivity index (χ1) is 15.3. The quantitative estimate of drug-likeness (QED) is 0.535. The zero-order valence-electron chi connectivity index (χ0n) is 17.3. The first-order valence-electron chi connectivity index (χ1n) is 10.0. The number of halogens is 1. The van der Waals surface area contributed by atoms with Crippen LogP contribution in [0.15, 0.2) is 83.8 Å². The Morgan fingerprint density at radius 1 is 0.938 bits per heavy atom. The number of aryl methyl sites for hydroxylation is 1. The van der Waals surface area contributed by atoms with Crippen LogP contribution in [0.4, 0.5) is 10.1 Å². The van der Waals surface area contributed by atoms with Gasteiger partial charge in [0.25, 0.3) is 5.91 Å². The van der Waals surface area contributed by atoms with Gasteiger partial charge in [0.15, 0.2) is 0 Å². The molecule has 3 aromatic rings. The fraction of sp³-hybridized carbons (Fsp3) is 0.167. The van der Waals surface area contributed by atoms with Gasteiger partial charge in [0.05, 0.1) is 17.0 Å². The molecule has 1 unspecified atom stereocenters. The van der Waals surface area contributed by atoms with E-state index in [1.54, 1.807) is 42.5 Å². The molecular formula is C24H21FN2O4S. The van der Waals surface area contributed by atoms with Crippen LogP contribution >= 0.6 is 0 Å². The summed E-state index contributed by atoms with van der Waals surface area (Å²) in [5.74, 6) is -1.54. The number of hydrogen-bond donors (Lipinski definition) is 0. The first kappa shape index (κ1) is 21.9. The maximum absolute atomic E-state index is 13.6. The Morgan fingerprint density at radius 3 is 2.19 bits per heavy atom. The van der Waals surface area contributed by atoms with Crippen LogP contribution in [0.2, 0.25) is 0 Å². The van der Waals surface area contributed by atoms with Gasteiger partial charge in [-0.05, 0) is 48.9 Å². The summed E-state index contributed by atoms with van der Waals surface area (Å²) >= 11 is 0. The van der Waals surface area contributed by atoms with Crippen LogP contribution in [0.25, 0.3) is 0 Å². The van der Waals surface area contributed by atoms with Gasteiger partial charge >= 0.3 is 0 Å². The van der Waals surface area contributed by atoms with E-state index in [1.165, 1.54) is 36.4 Å². The van der Waals surface area contributed by atoms with Crippen LogP contribution in [-0.4, -0.2) is 30.6 Å². The predicted molar refractivity (Wildman–Crippen MR) is 118 cm³/mol. The van der Waals surface area contributed by atoms with Crippen LogP contribution in [0.5, 0.6) is 0 Å². The molecule has 32 heavy (non-hydrogen) atoms. The van der Waals surface area contributed by atoms with Crippen LogP contribution in [0.3, 0.4) is 0 Å². The Labute approximate surface area is 185 Å². The van der Waals surface area contributed by atoms with Crippen molar-refractivity contribution in [3.8, 4) is 0 Å². The van der Waals surface area contributed by atoms with E-state index in [9.17, 15) is 22.4 Å². The molecule has 1 aliphatic heterocycles. The topological polar surface area (TPSA) is 74.8 Å². The zero-order chi connectivity index (χ0) is 22.9. The van der Waals surface area contributed by atoms with Crippen LogP contribution < -0.4 is 4.90 Å². The molecule has 8 heteroatoms. The first-order valence-corrected chi connectivity index (χ1v) is 11.5. The second-order valence-corrected chi connectivity index (χ2v) is 9.50. The number of benzene rings is 3. The number of para-hydroxylation sites is 1. The molecule has 0 saturated carbocycles. The Morgan fingerprint density at radius 2 is 1.56 bits per heavy atom. The summed E-state index contributed by atoms with van der Waals surface area (Å²) in [7, 11) is -4.13. The molecule has 1 heterocycles. The smallest absolute Gasteiger partial charge is 0.252 e. The lowest BCUT2D eigenvalue weighted by atomic mass is 10.2. The second-order valence-electron chi connectivity index (χ2n) is 7.61. The predicted octanol–water partition coefficient (Wildman–Crippen LogP) is 3.66. The average Bonchev–Trinajstić information content (AvgIpc) is 3.07. The van der Waals surface area contributed by atoms with E-state index in [0.717, 1.165) is 14.8 Å². The third kappa shape index (κ3) is 4.19. The van der Waals surface area contributed by atoms with Crippen molar-refractivity contribution in [3.05, 3.63) is 95.8 Å². The summed E-state index contributed by atoms with van der Waals surface area (Å²) in [4.78, 5) is 27.1. The Balaban J connectivity index is 1.75. The van der Waals surface area contributed by atoms with Gasteiger partial charge in [-0.25, -0.2) is 17.7 Å². The van der Waals surface area contributed by atoms with Crippen molar-refractivity contribution in [1.82, 2.24) is 4.31 Å². The standard InChI is InChI=1S/C24H21FN2O4S/c1-17-7-13-21(14-8-17)32(30,31)26(16-18-9-11-19(25)12-10-18)22-15-23(28)27(24(22)29)20-5-3-2-4-6-20/h2-14,22H,15-16H2,1H3. The molecule has 6 nitrogen and oxygen atoms in total. The molecule has 164 valence electrons. The van der Waals surface area contributed by atoms with E-state index < -0.39 is 33.7 Å². The van der Waals surface area contributed by atoms with Crippen LogP contribution in [-0.2, 0) is 26.2 Å². The van der Waals surface area contributed by atoms with Crippen molar-refractivity contribution in [2.75, 3.05) is 4.90 Å². The van der Waals surface area contributed by atoms with Gasteiger partial charge in [-0.3, -0.25) is 9.59 Å². The molecule has 0 spiro atoms. The highest BCUT2D eigenvalue weighted by atomic mass is 32.2. The molecule has 0 aliphatic carbocycles. The minimum absolute atomic E-state index is 0.0172. The van der Waals surface area contributed by atoms with Crippen LogP contribution in [0, 0.1) is 12.7 Å². The third-order valence-corrected chi connectivity index (χ3v) is 7.23. The molecule has 3 aromatic carbocycles. The molecular weight excluding hydrogens is 431 g/mol. The number of anilines is 1. The van der Waals surface area contributed by atoms with Gasteiger partial charge in [0.1, 0.15) is 11.9 Å². The fourth-order valence-electron chi connectivity index (χ4n) is 3.67. The van der Waals surface area contributed by atoms with Gasteiger partial charge < -0.3 is 0 Å². The van der Waals surface area contributed by atoms with Gasteiger partial charge in [0, 0.05) is 6.54 Å². The third-order valence-electron chi connectivity index (χ3n) is 5.36. The summed E-state index contributed by atoms with van der Waals surface area (Å²) in [6.07, 6.45) is -0.278. The zero-order valence-corrected chi connectivity index (χ0v) is 18.1. The SMILES string of the molecule is Cc1ccc(S(=O)(=O)N(Cc2ccc(F)cc2)C2CC(=O)N(c3ccccc3)C2=O)cc1. The minimum atomic E-state index is -4.13. The van der Waals surface area contributed by atoms with Gasteiger partial charge in [0.2, 0.25) is 15.9 Å². The van der Waals surface area contributed by atoms with Crippen molar-refractivity contribution in [3.63, 3.8) is 0 Å². The maximum Gasteiger partial charge on any atom is 0.252 e. The molecule has 1 saturated heterocycles. The Bertz CT molecular complexity index is 1240. The monoisotopic (exact) mass is 452 g/mol. The van der Waals surface area contributed by atoms with E-state index in [4.69, 9.17) is 0 Å². The summed E-state index contributed by atoms with van der Waals surface area (Å²) in [6.45, 7) is 1.66. The number of rotatable bonds is 6. The van der Waals surface area contributed by atoms with E-state index in [-0.39, 0.29) is 17.9 Å². The number of hydrogen-bond acceptors (Lipinski definition) is 4. The lowest BCUT2D eigenvalue weighted by Crippen LogP contribution is -2.45. The molecule has 1 atom stereocenters. The lowest BCUT2D eigenvalue weighted by Gasteiger charge is -2.27. The molecule has 0 aromatic heterocycles. The normalized spacial score (nSPS) is 16.7. The average molecular weight is 453 g/mol. The highest BCUT2D eigenvalue weighted by Gasteiger charge is 2.46. The molecule has 0 N–H and O–H groups in total. The van der Waals surface area contributed by atoms with E-state index >= 15 is 0 Å². The van der Waals surface area contributed by atoms with E-state index in [0.29, 0.717) is 11.3 Å². The van der Waals surface area contributed by atoms with Crippen molar-refractivity contribution in [2.45, 2.75) is 30.8 Å². The van der Waals surface area contributed by atoms with Crippen molar-refractivity contribution < 1.29 is 22.4 Å². The van der Waals surface area contributed by atoms with Crippen molar-refractivity contribution in [1.29, 1.82) is 0 Å². The molecule has 0 bridgehead atoms. The maximum atomic E-state index is 13.6. The molecule has 1 fully saturated rings. The molecule has 0 radical (unpaired) electrons. The van der Waals surface area contributed by atoms with Gasteiger partial charge in [-0.1, -0.05) is 48.0 Å². The van der Waals surface area contributed by atoms with Gasteiger partial charge in [-0.2, -0.15) is 4.31 Å². The number of sulfonamides is 1. The molecule has 4 rings (SSSR count). The number of imide groups is 1. The van der Waals surface area contributed by atoms with E-state index in [1.807, 2.05) is 6.92 Å². The minimum Gasteiger partial charge on any atom is -0.274 e. The largest absolute Gasteiger partial charge is 0.274 e. The van der Waals surface area contributed by atoms with Gasteiger partial charge in [-0.15, -0.1) is 0 Å². The van der Waals surface area contributed by atoms with Crippen LogP contribution in [0.1, 0.15) is 17.5 Å². The summed E-state index contributed by atoms with van der Waals surface area (Å²) in [6, 6.07) is 18.8. The number of nitrogens with zero attached hydrogens (tertiary/aromatic N) is 2. The fourth-order valence-corrected chi connectivity index (χ4v) is 5.24. The number of carbonyl (C=O) groups excluding carboxylic acids is 2. The highest BCUT2D eigenvalue weighted by molar-refractivity contribution is 7.89. The summed E-state index contributed by atoms with van der Waals surface area (Å²) in [5, 5.41) is 0. The van der Waals surface area contributed by atoms with Crippen molar-refractivity contribution in [2.24, 2.45) is 0 Å². The number of carbonyl (C=O) groups is 2. The molecule has 1 aliphatic rings. The highest BCUT2D eigenvalue weighted by Crippen LogP contribution is 2.30. The number of amides is 2. The molecule has 2 amide bonds. The van der Waals surface area contributed by atoms with Crippen molar-refractivity contribution >= 4 is 27.5 Å².